The van der Waals surface area contributed by atoms with Gasteiger partial charge in [-0.25, -0.2) is 0 Å². The van der Waals surface area contributed by atoms with Crippen LogP contribution in [0.1, 0.15) is 37.7 Å². The molecule has 0 radical (unpaired) electrons. The first-order valence-electron chi connectivity index (χ1n) is 6.68. The smallest absolute Gasteiger partial charge is 0.118 e. The molecule has 2 rings (SSSR count). The van der Waals surface area contributed by atoms with Crippen LogP contribution in [0.25, 0.3) is 0 Å². The summed E-state index contributed by atoms with van der Waals surface area (Å²) in [6, 6.07) is 8.10. The molecular weight excluding hydrogens is 292 g/mol. The quantitative estimate of drug-likeness (QED) is 0.609. The van der Waals surface area contributed by atoms with Crippen LogP contribution < -0.4 is 4.74 Å². The summed E-state index contributed by atoms with van der Waals surface area (Å²) in [5, 5.41) is 0. The van der Waals surface area contributed by atoms with Crippen molar-refractivity contribution >= 4 is 15.9 Å². The first kappa shape index (κ1) is 13.9. The Morgan fingerprint density at radius 1 is 1.11 bits per heavy atom. The third-order valence-corrected chi connectivity index (χ3v) is 4.54. The van der Waals surface area contributed by atoms with Crippen LogP contribution in [0.5, 0.6) is 5.75 Å². The second-order valence-corrected chi connectivity index (χ2v) is 6.03. The molecule has 0 aromatic heterocycles. The van der Waals surface area contributed by atoms with Crippen molar-refractivity contribution in [2.24, 2.45) is 0 Å². The van der Waals surface area contributed by atoms with E-state index in [1.165, 1.54) is 37.7 Å². The Bertz CT molecular complexity index is 350. The van der Waals surface area contributed by atoms with Crippen LogP contribution in [0, 0.1) is 0 Å². The topological polar surface area (TPSA) is 18.5 Å². The zero-order chi connectivity index (χ0) is 12.8. The van der Waals surface area contributed by atoms with E-state index in [-0.39, 0.29) is 0 Å². The summed E-state index contributed by atoms with van der Waals surface area (Å²) in [7, 11) is 1.69. The zero-order valence-electron chi connectivity index (χ0n) is 10.9. The number of methoxy groups -OCH3 is 1. The number of alkyl halides is 1. The van der Waals surface area contributed by atoms with Gasteiger partial charge in [-0.3, -0.25) is 0 Å². The average molecular weight is 313 g/mol. The van der Waals surface area contributed by atoms with Crippen LogP contribution in [-0.2, 0) is 11.3 Å². The molecule has 2 atom stereocenters. The fourth-order valence-corrected chi connectivity index (χ4v) is 3.08. The van der Waals surface area contributed by atoms with E-state index in [9.17, 15) is 0 Å². The second-order valence-electron chi connectivity index (χ2n) is 4.85. The summed E-state index contributed by atoms with van der Waals surface area (Å²) in [4.78, 5) is 0.512. The Morgan fingerprint density at radius 2 is 1.83 bits per heavy atom. The van der Waals surface area contributed by atoms with E-state index in [0.29, 0.717) is 17.5 Å². The molecule has 1 fully saturated rings. The minimum absolute atomic E-state index is 0.356. The molecule has 1 aliphatic rings. The summed E-state index contributed by atoms with van der Waals surface area (Å²) in [5.74, 6) is 0.895. The zero-order valence-corrected chi connectivity index (χ0v) is 12.5. The molecule has 1 aliphatic carbocycles. The maximum atomic E-state index is 6.05. The van der Waals surface area contributed by atoms with E-state index in [1.807, 2.05) is 12.1 Å². The van der Waals surface area contributed by atoms with Crippen molar-refractivity contribution in [3.05, 3.63) is 29.8 Å². The number of rotatable bonds is 4. The van der Waals surface area contributed by atoms with Gasteiger partial charge in [0, 0.05) is 4.83 Å². The fourth-order valence-electron chi connectivity index (χ4n) is 2.34. The Labute approximate surface area is 118 Å². The number of halogens is 1. The third kappa shape index (κ3) is 3.99. The SMILES string of the molecule is COc1ccc(COC2CCCCCC2Br)cc1. The van der Waals surface area contributed by atoms with Gasteiger partial charge in [-0.1, -0.05) is 47.3 Å². The lowest BCUT2D eigenvalue weighted by atomic mass is 10.1. The molecule has 0 spiro atoms. The highest BCUT2D eigenvalue weighted by Gasteiger charge is 2.21. The molecule has 0 N–H and O–H groups in total. The highest BCUT2D eigenvalue weighted by molar-refractivity contribution is 9.09. The summed E-state index contributed by atoms with van der Waals surface area (Å²) in [5.41, 5.74) is 1.21. The molecule has 100 valence electrons. The van der Waals surface area contributed by atoms with E-state index >= 15 is 0 Å². The van der Waals surface area contributed by atoms with Crippen LogP contribution in [0.3, 0.4) is 0 Å². The summed E-state index contributed by atoms with van der Waals surface area (Å²) in [6.45, 7) is 0.691. The van der Waals surface area contributed by atoms with Crippen molar-refractivity contribution in [1.29, 1.82) is 0 Å². The molecule has 18 heavy (non-hydrogen) atoms. The molecule has 0 amide bonds. The molecule has 3 heteroatoms. The van der Waals surface area contributed by atoms with Crippen molar-refractivity contribution in [2.45, 2.75) is 49.6 Å². The molecule has 0 heterocycles. The number of ether oxygens (including phenoxy) is 2. The molecule has 1 saturated carbocycles. The highest BCUT2D eigenvalue weighted by atomic mass is 79.9. The molecular formula is C15H21BrO2. The van der Waals surface area contributed by atoms with Gasteiger partial charge in [0.25, 0.3) is 0 Å². The van der Waals surface area contributed by atoms with Gasteiger partial charge in [0.2, 0.25) is 0 Å². The number of benzene rings is 1. The van der Waals surface area contributed by atoms with E-state index < -0.39 is 0 Å². The van der Waals surface area contributed by atoms with Crippen LogP contribution >= 0.6 is 15.9 Å². The van der Waals surface area contributed by atoms with Crippen molar-refractivity contribution in [1.82, 2.24) is 0 Å². The minimum Gasteiger partial charge on any atom is -0.497 e. The Balaban J connectivity index is 1.85. The van der Waals surface area contributed by atoms with Crippen LogP contribution in [-0.4, -0.2) is 18.0 Å². The van der Waals surface area contributed by atoms with Crippen molar-refractivity contribution < 1.29 is 9.47 Å². The second kappa shape index (κ2) is 7.15. The first-order valence-corrected chi connectivity index (χ1v) is 7.60. The summed E-state index contributed by atoms with van der Waals surface area (Å²) in [6.07, 6.45) is 6.70. The highest BCUT2D eigenvalue weighted by Crippen LogP contribution is 2.26. The minimum atomic E-state index is 0.356. The van der Waals surface area contributed by atoms with E-state index in [4.69, 9.17) is 9.47 Å². The lowest BCUT2D eigenvalue weighted by molar-refractivity contribution is 0.0360. The van der Waals surface area contributed by atoms with E-state index in [1.54, 1.807) is 7.11 Å². The Kier molecular flexibility index (Phi) is 5.51. The standard InChI is InChI=1S/C15H21BrO2/c1-17-13-9-7-12(8-10-13)11-18-15-6-4-2-3-5-14(15)16/h7-10,14-15H,2-6,11H2,1H3. The van der Waals surface area contributed by atoms with Gasteiger partial charge in [0.05, 0.1) is 19.8 Å². The van der Waals surface area contributed by atoms with E-state index in [0.717, 1.165) is 5.75 Å². The first-order chi connectivity index (χ1) is 8.79. The Morgan fingerprint density at radius 3 is 2.56 bits per heavy atom. The van der Waals surface area contributed by atoms with Crippen molar-refractivity contribution in [3.63, 3.8) is 0 Å². The summed E-state index contributed by atoms with van der Waals surface area (Å²) < 4.78 is 11.2. The molecule has 0 bridgehead atoms. The number of hydrogen-bond acceptors (Lipinski definition) is 2. The molecule has 1 aromatic carbocycles. The normalized spacial score (nSPS) is 24.6. The van der Waals surface area contributed by atoms with E-state index in [2.05, 4.69) is 28.1 Å². The third-order valence-electron chi connectivity index (χ3n) is 3.50. The van der Waals surface area contributed by atoms with Gasteiger partial charge in [-0.05, 0) is 30.5 Å². The Hall–Kier alpha value is -0.540. The molecule has 0 aliphatic heterocycles. The number of hydrogen-bond donors (Lipinski definition) is 0. The van der Waals surface area contributed by atoms with Gasteiger partial charge >= 0.3 is 0 Å². The molecule has 0 saturated heterocycles. The molecule has 2 nitrogen and oxygen atoms in total. The van der Waals surface area contributed by atoms with Gasteiger partial charge in [-0.15, -0.1) is 0 Å². The van der Waals surface area contributed by atoms with Gasteiger partial charge < -0.3 is 9.47 Å². The maximum Gasteiger partial charge on any atom is 0.118 e. The largest absolute Gasteiger partial charge is 0.497 e. The van der Waals surface area contributed by atoms with Crippen LogP contribution in [0.2, 0.25) is 0 Å². The fraction of sp³-hybridized carbons (Fsp3) is 0.600. The van der Waals surface area contributed by atoms with Gasteiger partial charge in [0.1, 0.15) is 5.75 Å². The molecule has 2 unspecified atom stereocenters. The predicted octanol–water partition coefficient (Wildman–Crippen LogP) is 4.31. The van der Waals surface area contributed by atoms with Crippen LogP contribution in [0.15, 0.2) is 24.3 Å². The van der Waals surface area contributed by atoms with Crippen LogP contribution in [0.4, 0.5) is 0 Å². The monoisotopic (exact) mass is 312 g/mol. The van der Waals surface area contributed by atoms with Crippen molar-refractivity contribution in [2.75, 3.05) is 7.11 Å². The summed E-state index contributed by atoms with van der Waals surface area (Å²) >= 11 is 3.76. The lowest BCUT2D eigenvalue weighted by Crippen LogP contribution is -2.22. The molecule has 1 aromatic rings. The van der Waals surface area contributed by atoms with Gasteiger partial charge in [-0.2, -0.15) is 0 Å². The van der Waals surface area contributed by atoms with Gasteiger partial charge in [0.15, 0.2) is 0 Å². The lowest BCUT2D eigenvalue weighted by Gasteiger charge is -2.20. The van der Waals surface area contributed by atoms with Crippen molar-refractivity contribution in [3.8, 4) is 5.75 Å². The predicted molar refractivity (Wildman–Crippen MR) is 77.4 cm³/mol. The maximum absolute atomic E-state index is 6.05. The average Bonchev–Trinajstić information content (AvgIpc) is 2.62.